The Hall–Kier alpha value is -2.11. The molecule has 2 rings (SSSR count). The van der Waals surface area contributed by atoms with Crippen molar-refractivity contribution >= 4 is 5.69 Å². The second-order valence-electron chi connectivity index (χ2n) is 3.41. The van der Waals surface area contributed by atoms with Crippen LogP contribution in [0.2, 0.25) is 0 Å². The number of nitrogen functional groups attached to an aromatic ring is 1. The minimum Gasteiger partial charge on any atom is -0.399 e. The number of nitrogens with zero attached hydrogens (tertiary/aromatic N) is 2. The first-order chi connectivity index (χ1) is 7.97. The summed E-state index contributed by atoms with van der Waals surface area (Å²) in [6.45, 7) is 0. The van der Waals surface area contributed by atoms with Gasteiger partial charge in [-0.15, -0.1) is 0 Å². The lowest BCUT2D eigenvalue weighted by Gasteiger charge is -2.07. The highest BCUT2D eigenvalue weighted by atomic mass is 19.4. The molecule has 0 unspecified atom stereocenters. The van der Waals surface area contributed by atoms with Gasteiger partial charge in [0.1, 0.15) is 12.0 Å². The predicted molar refractivity (Wildman–Crippen MR) is 56.9 cm³/mol. The second-order valence-corrected chi connectivity index (χ2v) is 3.41. The van der Waals surface area contributed by atoms with Crippen molar-refractivity contribution in [1.82, 2.24) is 9.97 Å². The summed E-state index contributed by atoms with van der Waals surface area (Å²) in [7, 11) is 0. The van der Waals surface area contributed by atoms with Crippen LogP contribution in [0.15, 0.2) is 36.7 Å². The van der Waals surface area contributed by atoms with Crippen molar-refractivity contribution < 1.29 is 13.2 Å². The predicted octanol–water partition coefficient (Wildman–Crippen LogP) is 2.74. The molecule has 1 aromatic heterocycles. The van der Waals surface area contributed by atoms with E-state index in [1.165, 1.54) is 0 Å². The van der Waals surface area contributed by atoms with E-state index in [4.69, 9.17) is 5.73 Å². The Morgan fingerprint density at radius 2 is 1.65 bits per heavy atom. The lowest BCUT2D eigenvalue weighted by molar-refractivity contribution is -0.141. The number of anilines is 1. The molecular formula is C11H8F3N3. The van der Waals surface area contributed by atoms with Gasteiger partial charge < -0.3 is 5.73 Å². The molecule has 0 fully saturated rings. The summed E-state index contributed by atoms with van der Waals surface area (Å²) in [5.74, 6) is 0. The lowest BCUT2D eigenvalue weighted by atomic mass is 10.1. The second kappa shape index (κ2) is 4.04. The minimum absolute atomic E-state index is 0.215. The number of benzene rings is 1. The Balaban J connectivity index is 2.43. The van der Waals surface area contributed by atoms with E-state index in [0.29, 0.717) is 11.3 Å². The number of aromatic nitrogens is 2. The van der Waals surface area contributed by atoms with Crippen molar-refractivity contribution in [2.45, 2.75) is 6.18 Å². The van der Waals surface area contributed by atoms with Crippen LogP contribution in [0.3, 0.4) is 0 Å². The number of halogens is 3. The molecule has 1 heterocycles. The zero-order valence-electron chi connectivity index (χ0n) is 8.57. The van der Waals surface area contributed by atoms with Gasteiger partial charge in [-0.2, -0.15) is 13.2 Å². The van der Waals surface area contributed by atoms with E-state index in [-0.39, 0.29) is 5.69 Å². The van der Waals surface area contributed by atoms with Crippen molar-refractivity contribution in [3.63, 3.8) is 0 Å². The van der Waals surface area contributed by atoms with E-state index in [9.17, 15) is 13.2 Å². The Morgan fingerprint density at radius 3 is 2.24 bits per heavy atom. The normalized spacial score (nSPS) is 11.5. The molecule has 0 amide bonds. The molecule has 1 aromatic carbocycles. The molecule has 0 bridgehead atoms. The van der Waals surface area contributed by atoms with Crippen LogP contribution in [0.4, 0.5) is 18.9 Å². The van der Waals surface area contributed by atoms with Crippen LogP contribution in [-0.2, 0) is 6.18 Å². The quantitative estimate of drug-likeness (QED) is 0.778. The fourth-order valence-corrected chi connectivity index (χ4v) is 1.32. The highest BCUT2D eigenvalue weighted by Crippen LogP contribution is 2.29. The van der Waals surface area contributed by atoms with Crippen molar-refractivity contribution in [3.05, 3.63) is 42.4 Å². The van der Waals surface area contributed by atoms with E-state index >= 15 is 0 Å². The molecular weight excluding hydrogens is 231 g/mol. The number of hydrogen-bond acceptors (Lipinski definition) is 3. The Morgan fingerprint density at radius 1 is 1.00 bits per heavy atom. The SMILES string of the molecule is Nc1ccc(-c2cc(C(F)(F)F)ncn2)cc1. The lowest BCUT2D eigenvalue weighted by Crippen LogP contribution is -2.08. The largest absolute Gasteiger partial charge is 0.433 e. The van der Waals surface area contributed by atoms with Crippen molar-refractivity contribution in [3.8, 4) is 11.3 Å². The smallest absolute Gasteiger partial charge is 0.399 e. The van der Waals surface area contributed by atoms with Crippen molar-refractivity contribution in [2.24, 2.45) is 0 Å². The number of nitrogens with two attached hydrogens (primary N) is 1. The van der Waals surface area contributed by atoms with E-state index < -0.39 is 11.9 Å². The van der Waals surface area contributed by atoms with E-state index in [2.05, 4.69) is 9.97 Å². The molecule has 88 valence electrons. The van der Waals surface area contributed by atoms with Gasteiger partial charge in [0.25, 0.3) is 0 Å². The number of alkyl halides is 3. The fraction of sp³-hybridized carbons (Fsp3) is 0.0909. The fourth-order valence-electron chi connectivity index (χ4n) is 1.32. The molecule has 2 N–H and O–H groups in total. The molecule has 0 saturated heterocycles. The zero-order valence-corrected chi connectivity index (χ0v) is 8.57. The van der Waals surface area contributed by atoms with Crippen molar-refractivity contribution in [1.29, 1.82) is 0 Å². The maximum atomic E-state index is 12.4. The van der Waals surface area contributed by atoms with Crippen LogP contribution in [0.1, 0.15) is 5.69 Å². The van der Waals surface area contributed by atoms with Gasteiger partial charge in [0, 0.05) is 11.3 Å². The van der Waals surface area contributed by atoms with Gasteiger partial charge in [-0.3, -0.25) is 0 Å². The molecule has 0 radical (unpaired) electrons. The third-order valence-corrected chi connectivity index (χ3v) is 2.16. The summed E-state index contributed by atoms with van der Waals surface area (Å²) in [6.07, 6.45) is -3.57. The van der Waals surface area contributed by atoms with Crippen LogP contribution in [-0.4, -0.2) is 9.97 Å². The van der Waals surface area contributed by atoms with Crippen LogP contribution in [0, 0.1) is 0 Å². The summed E-state index contributed by atoms with van der Waals surface area (Å²) in [6, 6.07) is 7.33. The van der Waals surface area contributed by atoms with E-state index in [1.54, 1.807) is 24.3 Å². The Kier molecular flexibility index (Phi) is 2.71. The molecule has 0 atom stereocenters. The molecule has 0 spiro atoms. The third kappa shape index (κ3) is 2.52. The van der Waals surface area contributed by atoms with E-state index in [0.717, 1.165) is 12.4 Å². The highest BCUT2D eigenvalue weighted by molar-refractivity contribution is 5.61. The maximum absolute atomic E-state index is 12.4. The van der Waals surface area contributed by atoms with Crippen LogP contribution < -0.4 is 5.73 Å². The third-order valence-electron chi connectivity index (χ3n) is 2.16. The van der Waals surface area contributed by atoms with Crippen LogP contribution >= 0.6 is 0 Å². The van der Waals surface area contributed by atoms with Gasteiger partial charge in [0.15, 0.2) is 0 Å². The van der Waals surface area contributed by atoms with E-state index in [1.807, 2.05) is 0 Å². The Labute approximate surface area is 95.1 Å². The molecule has 0 aliphatic carbocycles. The average Bonchev–Trinajstić information content (AvgIpc) is 2.29. The summed E-state index contributed by atoms with van der Waals surface area (Å²) >= 11 is 0. The molecule has 0 aliphatic rings. The number of rotatable bonds is 1. The summed E-state index contributed by atoms with van der Waals surface area (Å²) < 4.78 is 37.3. The molecule has 2 aromatic rings. The van der Waals surface area contributed by atoms with Crippen LogP contribution in [0.25, 0.3) is 11.3 Å². The minimum atomic E-state index is -4.47. The van der Waals surface area contributed by atoms with Gasteiger partial charge >= 0.3 is 6.18 Å². The standard InChI is InChI=1S/C11H8F3N3/c12-11(13,14)10-5-9(16-6-17-10)7-1-3-8(15)4-2-7/h1-6H,15H2. The summed E-state index contributed by atoms with van der Waals surface area (Å²) in [4.78, 5) is 6.99. The monoisotopic (exact) mass is 239 g/mol. The molecule has 0 saturated carbocycles. The summed E-state index contributed by atoms with van der Waals surface area (Å²) in [5, 5.41) is 0. The molecule has 6 heteroatoms. The molecule has 17 heavy (non-hydrogen) atoms. The van der Waals surface area contributed by atoms with Gasteiger partial charge in [0.2, 0.25) is 0 Å². The Bertz CT molecular complexity index is 520. The van der Waals surface area contributed by atoms with Crippen LogP contribution in [0.5, 0.6) is 0 Å². The first-order valence-corrected chi connectivity index (χ1v) is 4.72. The highest BCUT2D eigenvalue weighted by Gasteiger charge is 2.32. The summed E-state index contributed by atoms with van der Waals surface area (Å²) in [5.41, 5.74) is 5.85. The molecule has 0 aliphatic heterocycles. The van der Waals surface area contributed by atoms with Crippen molar-refractivity contribution in [2.75, 3.05) is 5.73 Å². The average molecular weight is 239 g/mol. The first-order valence-electron chi connectivity index (χ1n) is 4.72. The number of hydrogen-bond donors (Lipinski definition) is 1. The van der Waals surface area contributed by atoms with Gasteiger partial charge in [-0.05, 0) is 18.2 Å². The van der Waals surface area contributed by atoms with Gasteiger partial charge in [0.05, 0.1) is 5.69 Å². The van der Waals surface area contributed by atoms with Gasteiger partial charge in [-0.1, -0.05) is 12.1 Å². The topological polar surface area (TPSA) is 51.8 Å². The first kappa shape index (κ1) is 11.4. The molecule has 3 nitrogen and oxygen atoms in total. The van der Waals surface area contributed by atoms with Gasteiger partial charge in [-0.25, -0.2) is 9.97 Å². The zero-order chi connectivity index (χ0) is 12.5. The maximum Gasteiger partial charge on any atom is 0.433 e.